The molecule has 3 heteroatoms. The summed E-state index contributed by atoms with van der Waals surface area (Å²) in [4.78, 5) is 9.00. The molecular formula is C9H17NO2. The molecule has 3 nitrogen and oxygen atoms in total. The quantitative estimate of drug-likeness (QED) is 0.637. The molecule has 0 fully saturated rings. The Bertz CT molecular complexity index is 147. The van der Waals surface area contributed by atoms with Crippen LogP contribution in [0.4, 0.5) is 0 Å². The Morgan fingerprint density at radius 1 is 1.50 bits per heavy atom. The third kappa shape index (κ3) is 37.4. The Morgan fingerprint density at radius 3 is 2.33 bits per heavy atom. The topological polar surface area (TPSA) is 63.3 Å². The van der Waals surface area contributed by atoms with E-state index in [2.05, 4.69) is 13.0 Å². The van der Waals surface area contributed by atoms with Crippen molar-refractivity contribution in [2.45, 2.75) is 26.7 Å². The van der Waals surface area contributed by atoms with Gasteiger partial charge in [-0.2, -0.15) is 0 Å². The zero-order valence-corrected chi connectivity index (χ0v) is 7.66. The van der Waals surface area contributed by atoms with Crippen LogP contribution in [0.1, 0.15) is 26.7 Å². The second-order valence-electron chi connectivity index (χ2n) is 2.12. The first kappa shape index (κ1) is 13.3. The molecule has 3 N–H and O–H groups in total. The standard InChI is InChI=1S/C7H13N.C2H4O2/c1-2-3-4-5-6-7-8;1-2(3)4/h4-7H,2-3,8H2,1H3;1H3,(H,3,4)/b5-4+,7-6+;. The van der Waals surface area contributed by atoms with E-state index in [1.807, 2.05) is 12.2 Å². The van der Waals surface area contributed by atoms with E-state index >= 15 is 0 Å². The number of carboxylic acid groups (broad SMARTS) is 1. The van der Waals surface area contributed by atoms with Crippen LogP contribution < -0.4 is 5.73 Å². The van der Waals surface area contributed by atoms with Gasteiger partial charge in [0, 0.05) is 6.92 Å². The summed E-state index contributed by atoms with van der Waals surface area (Å²) in [6.45, 7) is 3.23. The molecule has 0 aliphatic carbocycles. The number of nitrogens with two attached hydrogens (primary N) is 1. The third-order valence-corrected chi connectivity index (χ3v) is 0.814. The molecule has 0 amide bonds. The Hall–Kier alpha value is -1.25. The fourth-order valence-electron chi connectivity index (χ4n) is 0.406. The van der Waals surface area contributed by atoms with Gasteiger partial charge in [0.2, 0.25) is 0 Å². The lowest BCUT2D eigenvalue weighted by Crippen LogP contribution is -1.78. The summed E-state index contributed by atoms with van der Waals surface area (Å²) in [7, 11) is 0. The number of carboxylic acids is 1. The summed E-state index contributed by atoms with van der Waals surface area (Å²) in [5.41, 5.74) is 5.08. The highest BCUT2D eigenvalue weighted by molar-refractivity contribution is 5.62. The molecule has 0 aromatic carbocycles. The van der Waals surface area contributed by atoms with Crippen LogP contribution in [-0.4, -0.2) is 11.1 Å². The van der Waals surface area contributed by atoms with E-state index in [1.165, 1.54) is 12.6 Å². The number of unbranched alkanes of at least 4 members (excludes halogenated alkanes) is 1. The average Bonchev–Trinajstić information content (AvgIpc) is 1.97. The summed E-state index contributed by atoms with van der Waals surface area (Å²) in [5.74, 6) is -0.833. The zero-order chi connectivity index (χ0) is 9.82. The van der Waals surface area contributed by atoms with Gasteiger partial charge in [0.15, 0.2) is 0 Å². The smallest absolute Gasteiger partial charge is 0.300 e. The maximum atomic E-state index is 9.00. The van der Waals surface area contributed by atoms with Crippen LogP contribution in [0.15, 0.2) is 24.4 Å². The van der Waals surface area contributed by atoms with Crippen molar-refractivity contribution in [2.24, 2.45) is 5.73 Å². The fraction of sp³-hybridized carbons (Fsp3) is 0.444. The molecule has 0 aliphatic rings. The predicted octanol–water partition coefficient (Wildman–Crippen LogP) is 1.91. The monoisotopic (exact) mass is 171 g/mol. The largest absolute Gasteiger partial charge is 0.481 e. The number of carbonyl (C=O) groups is 1. The fourth-order valence-corrected chi connectivity index (χ4v) is 0.406. The van der Waals surface area contributed by atoms with Crippen molar-refractivity contribution in [3.05, 3.63) is 24.4 Å². The Balaban J connectivity index is 0. The van der Waals surface area contributed by atoms with E-state index in [0.29, 0.717) is 0 Å². The van der Waals surface area contributed by atoms with Crippen molar-refractivity contribution < 1.29 is 9.90 Å². The SMILES string of the molecule is CC(=O)O.CCC/C=C/C=C/N. The van der Waals surface area contributed by atoms with Crippen molar-refractivity contribution in [1.29, 1.82) is 0 Å². The van der Waals surface area contributed by atoms with Crippen LogP contribution in [0.3, 0.4) is 0 Å². The molecule has 0 rings (SSSR count). The number of allylic oxidation sites excluding steroid dienone is 3. The van der Waals surface area contributed by atoms with Crippen LogP contribution in [0.5, 0.6) is 0 Å². The number of aliphatic carboxylic acids is 1. The molecule has 12 heavy (non-hydrogen) atoms. The van der Waals surface area contributed by atoms with Crippen LogP contribution in [0.2, 0.25) is 0 Å². The van der Waals surface area contributed by atoms with Gasteiger partial charge < -0.3 is 10.8 Å². The molecule has 0 aromatic rings. The predicted molar refractivity (Wildman–Crippen MR) is 50.7 cm³/mol. The van der Waals surface area contributed by atoms with Crippen LogP contribution in [-0.2, 0) is 4.79 Å². The first-order valence-corrected chi connectivity index (χ1v) is 3.88. The maximum Gasteiger partial charge on any atom is 0.300 e. The minimum absolute atomic E-state index is 0.833. The van der Waals surface area contributed by atoms with Crippen LogP contribution in [0, 0.1) is 0 Å². The van der Waals surface area contributed by atoms with E-state index in [4.69, 9.17) is 15.6 Å². The first-order valence-electron chi connectivity index (χ1n) is 3.88. The van der Waals surface area contributed by atoms with E-state index in [1.54, 1.807) is 0 Å². The van der Waals surface area contributed by atoms with E-state index in [0.717, 1.165) is 13.3 Å². The molecule has 0 aromatic heterocycles. The minimum Gasteiger partial charge on any atom is -0.481 e. The summed E-state index contributed by atoms with van der Waals surface area (Å²) >= 11 is 0. The van der Waals surface area contributed by atoms with Crippen molar-refractivity contribution in [3.8, 4) is 0 Å². The molecule has 0 heterocycles. The van der Waals surface area contributed by atoms with Gasteiger partial charge in [-0.25, -0.2) is 0 Å². The van der Waals surface area contributed by atoms with E-state index in [-0.39, 0.29) is 0 Å². The molecule has 0 bridgehead atoms. The first-order chi connectivity index (χ1) is 5.65. The lowest BCUT2D eigenvalue weighted by molar-refractivity contribution is -0.134. The third-order valence-electron chi connectivity index (χ3n) is 0.814. The Morgan fingerprint density at radius 2 is 2.00 bits per heavy atom. The van der Waals surface area contributed by atoms with E-state index in [9.17, 15) is 0 Å². The van der Waals surface area contributed by atoms with Crippen molar-refractivity contribution in [2.75, 3.05) is 0 Å². The van der Waals surface area contributed by atoms with Gasteiger partial charge in [0.05, 0.1) is 0 Å². The second kappa shape index (κ2) is 12.4. The normalized spacial score (nSPS) is 9.83. The Labute approximate surface area is 73.6 Å². The molecule has 0 radical (unpaired) electrons. The van der Waals surface area contributed by atoms with Gasteiger partial charge in [-0.05, 0) is 18.7 Å². The summed E-state index contributed by atoms with van der Waals surface area (Å²) in [5, 5.41) is 7.42. The summed E-state index contributed by atoms with van der Waals surface area (Å²) in [6, 6.07) is 0. The molecule has 0 saturated carbocycles. The molecule has 0 unspecified atom stereocenters. The van der Waals surface area contributed by atoms with Gasteiger partial charge in [0.1, 0.15) is 0 Å². The highest BCUT2D eigenvalue weighted by atomic mass is 16.4. The van der Waals surface area contributed by atoms with Crippen LogP contribution >= 0.6 is 0 Å². The molecular weight excluding hydrogens is 154 g/mol. The molecule has 70 valence electrons. The maximum absolute atomic E-state index is 9.00. The van der Waals surface area contributed by atoms with E-state index < -0.39 is 5.97 Å². The average molecular weight is 171 g/mol. The Kier molecular flexibility index (Phi) is 13.8. The number of hydrogen-bond acceptors (Lipinski definition) is 2. The zero-order valence-electron chi connectivity index (χ0n) is 7.66. The number of rotatable bonds is 3. The lowest BCUT2D eigenvalue weighted by Gasteiger charge is -1.78. The van der Waals surface area contributed by atoms with Crippen molar-refractivity contribution >= 4 is 5.97 Å². The van der Waals surface area contributed by atoms with Gasteiger partial charge in [0.25, 0.3) is 5.97 Å². The molecule has 0 spiro atoms. The van der Waals surface area contributed by atoms with Gasteiger partial charge in [-0.3, -0.25) is 4.79 Å². The van der Waals surface area contributed by atoms with Gasteiger partial charge >= 0.3 is 0 Å². The van der Waals surface area contributed by atoms with Gasteiger partial charge in [-0.1, -0.05) is 25.5 Å². The highest BCUT2D eigenvalue weighted by Gasteiger charge is 1.67. The van der Waals surface area contributed by atoms with Gasteiger partial charge in [-0.15, -0.1) is 0 Å². The number of hydrogen-bond donors (Lipinski definition) is 2. The summed E-state index contributed by atoms with van der Waals surface area (Å²) < 4.78 is 0. The minimum atomic E-state index is -0.833. The molecule has 0 aliphatic heterocycles. The van der Waals surface area contributed by atoms with Crippen molar-refractivity contribution in [1.82, 2.24) is 0 Å². The van der Waals surface area contributed by atoms with Crippen LogP contribution in [0.25, 0.3) is 0 Å². The second-order valence-corrected chi connectivity index (χ2v) is 2.12. The summed E-state index contributed by atoms with van der Waals surface area (Å²) in [6.07, 6.45) is 9.77. The molecule has 0 saturated heterocycles. The molecule has 0 atom stereocenters. The van der Waals surface area contributed by atoms with Crippen molar-refractivity contribution in [3.63, 3.8) is 0 Å². The highest BCUT2D eigenvalue weighted by Crippen LogP contribution is 1.87. The lowest BCUT2D eigenvalue weighted by atomic mass is 10.3.